The van der Waals surface area contributed by atoms with Crippen LogP contribution in [0.4, 0.5) is 0 Å². The van der Waals surface area contributed by atoms with Crippen molar-refractivity contribution in [1.29, 1.82) is 0 Å². The summed E-state index contributed by atoms with van der Waals surface area (Å²) >= 11 is 0. The van der Waals surface area contributed by atoms with Gasteiger partial charge in [-0.05, 0) is 23.8 Å². The molecule has 0 fully saturated rings. The summed E-state index contributed by atoms with van der Waals surface area (Å²) in [5.74, 6) is 0. The molecule has 3 heteroatoms. The molecule has 0 unspecified atom stereocenters. The Morgan fingerprint density at radius 2 is 1.55 bits per heavy atom. The Kier molecular flexibility index (Phi) is 2.90. The van der Waals surface area contributed by atoms with Gasteiger partial charge in [0, 0.05) is 22.7 Å². The molecule has 3 nitrogen and oxygen atoms in total. The van der Waals surface area contributed by atoms with E-state index >= 15 is 0 Å². The summed E-state index contributed by atoms with van der Waals surface area (Å²) < 4.78 is 0. The van der Waals surface area contributed by atoms with Gasteiger partial charge in [-0.2, -0.15) is 0 Å². The SMILES string of the molecule is O=c1[nH]cccc1-c1[nH]c2ccccc2c1-c1ccccc1. The van der Waals surface area contributed by atoms with Gasteiger partial charge in [-0.15, -0.1) is 0 Å². The van der Waals surface area contributed by atoms with Crippen LogP contribution < -0.4 is 5.56 Å². The quantitative estimate of drug-likeness (QED) is 0.570. The molecule has 0 radical (unpaired) electrons. The second kappa shape index (κ2) is 5.04. The fourth-order valence-corrected chi connectivity index (χ4v) is 2.87. The Bertz CT molecular complexity index is 997. The predicted octanol–water partition coefficient (Wildman–Crippen LogP) is 4.19. The Morgan fingerprint density at radius 1 is 0.773 bits per heavy atom. The number of aromatic nitrogens is 2. The summed E-state index contributed by atoms with van der Waals surface area (Å²) in [5.41, 5.74) is 4.60. The van der Waals surface area contributed by atoms with E-state index in [1.165, 1.54) is 0 Å². The Labute approximate surface area is 127 Å². The minimum Gasteiger partial charge on any atom is -0.354 e. The highest BCUT2D eigenvalue weighted by Crippen LogP contribution is 2.36. The van der Waals surface area contributed by atoms with Crippen molar-refractivity contribution >= 4 is 10.9 Å². The lowest BCUT2D eigenvalue weighted by Crippen LogP contribution is -2.07. The maximum atomic E-state index is 12.2. The van der Waals surface area contributed by atoms with Gasteiger partial charge >= 0.3 is 0 Å². The largest absolute Gasteiger partial charge is 0.354 e. The van der Waals surface area contributed by atoms with E-state index in [-0.39, 0.29) is 5.56 Å². The van der Waals surface area contributed by atoms with Gasteiger partial charge < -0.3 is 9.97 Å². The first-order valence-corrected chi connectivity index (χ1v) is 7.19. The summed E-state index contributed by atoms with van der Waals surface area (Å²) in [6, 6.07) is 21.9. The maximum Gasteiger partial charge on any atom is 0.257 e. The van der Waals surface area contributed by atoms with E-state index in [2.05, 4.69) is 28.2 Å². The maximum absolute atomic E-state index is 12.2. The summed E-state index contributed by atoms with van der Waals surface area (Å²) in [4.78, 5) is 18.4. The average Bonchev–Trinajstić information content (AvgIpc) is 2.95. The van der Waals surface area contributed by atoms with Gasteiger partial charge in [-0.1, -0.05) is 48.5 Å². The van der Waals surface area contributed by atoms with Crippen LogP contribution in [-0.4, -0.2) is 9.97 Å². The number of rotatable bonds is 2. The fourth-order valence-electron chi connectivity index (χ4n) is 2.87. The van der Waals surface area contributed by atoms with Crippen LogP contribution in [0.25, 0.3) is 33.3 Å². The third-order valence-electron chi connectivity index (χ3n) is 3.86. The molecule has 106 valence electrons. The van der Waals surface area contributed by atoms with Crippen molar-refractivity contribution < 1.29 is 0 Å². The van der Waals surface area contributed by atoms with Crippen molar-refractivity contribution in [2.24, 2.45) is 0 Å². The number of benzene rings is 2. The fraction of sp³-hybridized carbons (Fsp3) is 0. The zero-order valence-electron chi connectivity index (χ0n) is 11.8. The molecule has 0 saturated heterocycles. The second-order valence-corrected chi connectivity index (χ2v) is 5.20. The molecule has 0 atom stereocenters. The van der Waals surface area contributed by atoms with E-state index in [9.17, 15) is 4.79 Å². The van der Waals surface area contributed by atoms with Crippen LogP contribution >= 0.6 is 0 Å². The number of para-hydroxylation sites is 1. The lowest BCUT2D eigenvalue weighted by Gasteiger charge is -2.04. The van der Waals surface area contributed by atoms with Gasteiger partial charge in [0.25, 0.3) is 5.56 Å². The number of hydrogen-bond donors (Lipinski definition) is 2. The first kappa shape index (κ1) is 12.7. The van der Waals surface area contributed by atoms with Crippen LogP contribution in [0.2, 0.25) is 0 Å². The van der Waals surface area contributed by atoms with Crippen molar-refractivity contribution in [3.63, 3.8) is 0 Å². The van der Waals surface area contributed by atoms with Crippen molar-refractivity contribution in [3.8, 4) is 22.4 Å². The van der Waals surface area contributed by atoms with E-state index in [1.807, 2.05) is 48.5 Å². The molecule has 2 aromatic carbocycles. The molecule has 4 aromatic rings. The van der Waals surface area contributed by atoms with Crippen LogP contribution in [0.15, 0.2) is 77.7 Å². The summed E-state index contributed by atoms with van der Waals surface area (Å²) in [5, 5.41) is 1.12. The number of nitrogens with one attached hydrogen (secondary N) is 2. The van der Waals surface area contributed by atoms with E-state index in [0.29, 0.717) is 5.56 Å². The standard InChI is InChI=1S/C19H14N2O/c22-19-15(10-6-12-20-19)18-17(13-7-2-1-3-8-13)14-9-4-5-11-16(14)21-18/h1-12,21H,(H,20,22). The minimum absolute atomic E-state index is 0.0914. The van der Waals surface area contributed by atoms with Crippen LogP contribution in [-0.2, 0) is 0 Å². The van der Waals surface area contributed by atoms with Crippen molar-refractivity contribution in [2.75, 3.05) is 0 Å². The highest BCUT2D eigenvalue weighted by Gasteiger charge is 2.16. The molecule has 0 spiro atoms. The summed E-state index contributed by atoms with van der Waals surface area (Å²) in [6.45, 7) is 0. The molecule has 0 aliphatic carbocycles. The molecule has 0 bridgehead atoms. The lowest BCUT2D eigenvalue weighted by atomic mass is 9.99. The molecule has 0 saturated carbocycles. The molecule has 0 aliphatic heterocycles. The molecular formula is C19H14N2O. The highest BCUT2D eigenvalue weighted by molar-refractivity contribution is 6.03. The third kappa shape index (κ3) is 1.95. The molecule has 2 heterocycles. The molecule has 2 aromatic heterocycles. The topological polar surface area (TPSA) is 48.6 Å². The van der Waals surface area contributed by atoms with Gasteiger partial charge in [-0.3, -0.25) is 4.79 Å². The second-order valence-electron chi connectivity index (χ2n) is 5.20. The van der Waals surface area contributed by atoms with Crippen molar-refractivity contribution in [3.05, 3.63) is 83.3 Å². The van der Waals surface area contributed by atoms with Gasteiger partial charge in [0.05, 0.1) is 11.3 Å². The van der Waals surface area contributed by atoms with Crippen LogP contribution in [0, 0.1) is 0 Å². The molecule has 0 aliphatic rings. The van der Waals surface area contributed by atoms with E-state index < -0.39 is 0 Å². The number of hydrogen-bond acceptors (Lipinski definition) is 1. The molecule has 22 heavy (non-hydrogen) atoms. The van der Waals surface area contributed by atoms with Gasteiger partial charge in [0.1, 0.15) is 0 Å². The normalized spacial score (nSPS) is 10.9. The van der Waals surface area contributed by atoms with E-state index in [4.69, 9.17) is 0 Å². The van der Waals surface area contributed by atoms with Gasteiger partial charge in [0.2, 0.25) is 0 Å². The van der Waals surface area contributed by atoms with E-state index in [1.54, 1.807) is 6.20 Å². The highest BCUT2D eigenvalue weighted by atomic mass is 16.1. The number of pyridine rings is 1. The lowest BCUT2D eigenvalue weighted by molar-refractivity contribution is 1.23. The van der Waals surface area contributed by atoms with Crippen molar-refractivity contribution in [1.82, 2.24) is 9.97 Å². The molecule has 4 rings (SSSR count). The number of fused-ring (bicyclic) bond motifs is 1. The first-order chi connectivity index (χ1) is 10.8. The van der Waals surface area contributed by atoms with Gasteiger partial charge in [0.15, 0.2) is 0 Å². The summed E-state index contributed by atoms with van der Waals surface area (Å²) in [6.07, 6.45) is 1.65. The van der Waals surface area contributed by atoms with Crippen LogP contribution in [0.3, 0.4) is 0 Å². The van der Waals surface area contributed by atoms with Crippen molar-refractivity contribution in [2.45, 2.75) is 0 Å². The molecule has 0 amide bonds. The van der Waals surface area contributed by atoms with Gasteiger partial charge in [-0.25, -0.2) is 0 Å². The number of H-pyrrole nitrogens is 2. The summed E-state index contributed by atoms with van der Waals surface area (Å²) in [7, 11) is 0. The minimum atomic E-state index is -0.0914. The zero-order chi connectivity index (χ0) is 14.9. The van der Waals surface area contributed by atoms with Crippen LogP contribution in [0.5, 0.6) is 0 Å². The Hall–Kier alpha value is -3.07. The monoisotopic (exact) mass is 286 g/mol. The Morgan fingerprint density at radius 3 is 2.36 bits per heavy atom. The average molecular weight is 286 g/mol. The molecule has 2 N–H and O–H groups in total. The smallest absolute Gasteiger partial charge is 0.257 e. The van der Waals surface area contributed by atoms with Crippen LogP contribution in [0.1, 0.15) is 0 Å². The molecular weight excluding hydrogens is 272 g/mol. The first-order valence-electron chi connectivity index (χ1n) is 7.19. The number of aromatic amines is 2. The predicted molar refractivity (Wildman–Crippen MR) is 89.8 cm³/mol. The van der Waals surface area contributed by atoms with E-state index in [0.717, 1.165) is 27.7 Å². The Balaban J connectivity index is 2.11. The third-order valence-corrected chi connectivity index (χ3v) is 3.86. The zero-order valence-corrected chi connectivity index (χ0v) is 11.8.